The Balaban J connectivity index is 1.87. The van der Waals surface area contributed by atoms with E-state index in [4.69, 9.17) is 0 Å². The Labute approximate surface area is 139 Å². The van der Waals surface area contributed by atoms with Crippen LogP contribution in [-0.4, -0.2) is 52.3 Å². The van der Waals surface area contributed by atoms with Gasteiger partial charge in [-0.05, 0) is 17.5 Å². The van der Waals surface area contributed by atoms with Gasteiger partial charge in [-0.15, -0.1) is 0 Å². The van der Waals surface area contributed by atoms with E-state index >= 15 is 0 Å². The molecule has 0 spiro atoms. The van der Waals surface area contributed by atoms with Crippen molar-refractivity contribution in [1.82, 2.24) is 10.2 Å². The summed E-state index contributed by atoms with van der Waals surface area (Å²) in [7, 11) is -0.611. The van der Waals surface area contributed by atoms with Crippen molar-refractivity contribution < 1.29 is 18.0 Å². The summed E-state index contributed by atoms with van der Waals surface area (Å²) >= 11 is 0. The van der Waals surface area contributed by atoms with Crippen LogP contribution >= 0.6 is 0 Å². The number of sulfonamides is 1. The lowest BCUT2D eigenvalue weighted by Gasteiger charge is -2.18. The molecule has 1 aliphatic heterocycles. The average Bonchev–Trinajstić information content (AvgIpc) is 2.76. The Bertz CT molecular complexity index is 932. The van der Waals surface area contributed by atoms with E-state index in [1.54, 1.807) is 32.3 Å². The van der Waals surface area contributed by atoms with Crippen LogP contribution in [0.2, 0.25) is 0 Å². The number of carbonyl (C=O) groups is 2. The highest BCUT2D eigenvalue weighted by Gasteiger charge is 2.36. The molecular formula is C16H17N3O4S. The highest BCUT2D eigenvalue weighted by Crippen LogP contribution is 2.41. The Kier molecular flexibility index (Phi) is 3.92. The lowest BCUT2D eigenvalue weighted by molar-refractivity contribution is -0.130. The number of hydrogen-bond acceptors (Lipinski definition) is 4. The zero-order valence-corrected chi connectivity index (χ0v) is 14.1. The molecule has 2 aromatic carbocycles. The van der Waals surface area contributed by atoms with Crippen LogP contribution in [0.25, 0.3) is 10.8 Å². The molecule has 2 amide bonds. The van der Waals surface area contributed by atoms with Crippen LogP contribution in [-0.2, 0) is 19.6 Å². The smallest absolute Gasteiger partial charge is 0.265 e. The third kappa shape index (κ3) is 2.58. The molecule has 7 nitrogen and oxygen atoms in total. The molecule has 3 rings (SSSR count). The highest BCUT2D eigenvalue weighted by molar-refractivity contribution is 7.93. The number of amides is 2. The first-order valence-electron chi connectivity index (χ1n) is 7.33. The van der Waals surface area contributed by atoms with Gasteiger partial charge in [0.15, 0.2) is 0 Å². The fourth-order valence-electron chi connectivity index (χ4n) is 2.65. The number of rotatable bonds is 4. The SMILES string of the molecule is CN(C)C(=O)CNC(=O)CN1c2cccc3cccc(c23)S1(=O)=O. The van der Waals surface area contributed by atoms with Gasteiger partial charge in [-0.1, -0.05) is 24.3 Å². The van der Waals surface area contributed by atoms with Crippen LogP contribution in [0.4, 0.5) is 5.69 Å². The molecule has 0 aliphatic carbocycles. The minimum atomic E-state index is -3.77. The summed E-state index contributed by atoms with van der Waals surface area (Å²) in [5.74, 6) is -0.795. The molecule has 0 saturated heterocycles. The first-order chi connectivity index (χ1) is 11.3. The van der Waals surface area contributed by atoms with Gasteiger partial charge in [-0.25, -0.2) is 8.42 Å². The second kappa shape index (κ2) is 5.79. The molecule has 126 valence electrons. The van der Waals surface area contributed by atoms with Gasteiger partial charge < -0.3 is 10.2 Å². The zero-order chi connectivity index (χ0) is 17.5. The number of likely N-dealkylation sites (N-methyl/N-ethyl adjacent to an activating group) is 1. The third-order valence-corrected chi connectivity index (χ3v) is 5.71. The maximum Gasteiger partial charge on any atom is 0.265 e. The van der Waals surface area contributed by atoms with Gasteiger partial charge in [0, 0.05) is 19.5 Å². The maximum atomic E-state index is 12.7. The first-order valence-corrected chi connectivity index (χ1v) is 8.77. The molecule has 1 N–H and O–H groups in total. The van der Waals surface area contributed by atoms with E-state index in [9.17, 15) is 18.0 Å². The predicted molar refractivity (Wildman–Crippen MR) is 90.2 cm³/mol. The molecular weight excluding hydrogens is 330 g/mol. The molecule has 2 aromatic rings. The van der Waals surface area contributed by atoms with E-state index in [-0.39, 0.29) is 23.9 Å². The molecule has 0 saturated carbocycles. The second-order valence-electron chi connectivity index (χ2n) is 5.71. The fourth-order valence-corrected chi connectivity index (χ4v) is 4.31. The maximum absolute atomic E-state index is 12.7. The van der Waals surface area contributed by atoms with E-state index in [1.807, 2.05) is 12.1 Å². The van der Waals surface area contributed by atoms with E-state index in [1.165, 1.54) is 11.0 Å². The van der Waals surface area contributed by atoms with Crippen LogP contribution in [0.1, 0.15) is 0 Å². The number of carbonyl (C=O) groups excluding carboxylic acids is 2. The van der Waals surface area contributed by atoms with Crippen molar-refractivity contribution in [2.24, 2.45) is 0 Å². The van der Waals surface area contributed by atoms with Crippen molar-refractivity contribution in [3.63, 3.8) is 0 Å². The van der Waals surface area contributed by atoms with Crippen LogP contribution in [0.5, 0.6) is 0 Å². The zero-order valence-electron chi connectivity index (χ0n) is 13.3. The second-order valence-corrected chi connectivity index (χ2v) is 7.54. The Morgan fingerprint density at radius 1 is 1.12 bits per heavy atom. The van der Waals surface area contributed by atoms with Gasteiger partial charge in [-0.2, -0.15) is 0 Å². The van der Waals surface area contributed by atoms with Crippen molar-refractivity contribution in [3.8, 4) is 0 Å². The van der Waals surface area contributed by atoms with Gasteiger partial charge in [0.1, 0.15) is 6.54 Å². The average molecular weight is 347 g/mol. The van der Waals surface area contributed by atoms with Crippen LogP contribution < -0.4 is 9.62 Å². The molecule has 8 heteroatoms. The van der Waals surface area contributed by atoms with Crippen molar-refractivity contribution in [2.75, 3.05) is 31.5 Å². The third-order valence-electron chi connectivity index (χ3n) is 3.90. The minimum absolute atomic E-state index is 0.170. The number of nitrogens with zero attached hydrogens (tertiary/aromatic N) is 2. The van der Waals surface area contributed by atoms with Crippen LogP contribution in [0.15, 0.2) is 41.3 Å². The van der Waals surface area contributed by atoms with Crippen molar-refractivity contribution in [1.29, 1.82) is 0 Å². The lowest BCUT2D eigenvalue weighted by Crippen LogP contribution is -2.42. The van der Waals surface area contributed by atoms with Crippen LogP contribution in [0, 0.1) is 0 Å². The van der Waals surface area contributed by atoms with E-state index in [0.717, 1.165) is 9.69 Å². The molecule has 0 atom stereocenters. The summed E-state index contributed by atoms with van der Waals surface area (Å²) in [5.41, 5.74) is 0.484. The lowest BCUT2D eigenvalue weighted by atomic mass is 10.1. The molecule has 1 aliphatic rings. The van der Waals surface area contributed by atoms with Crippen LogP contribution in [0.3, 0.4) is 0 Å². The summed E-state index contributed by atoms with van der Waals surface area (Å²) in [4.78, 5) is 25.2. The predicted octanol–water partition coefficient (Wildman–Crippen LogP) is 0.553. The summed E-state index contributed by atoms with van der Waals surface area (Å²) < 4.78 is 26.5. The molecule has 0 radical (unpaired) electrons. The molecule has 0 fully saturated rings. The topological polar surface area (TPSA) is 86.8 Å². The Morgan fingerprint density at radius 3 is 2.46 bits per heavy atom. The summed E-state index contributed by atoms with van der Waals surface area (Å²) in [6, 6.07) is 10.3. The first kappa shape index (κ1) is 16.3. The van der Waals surface area contributed by atoms with Crippen molar-refractivity contribution >= 4 is 38.3 Å². The van der Waals surface area contributed by atoms with E-state index in [2.05, 4.69) is 5.32 Å². The number of benzene rings is 2. The molecule has 0 bridgehead atoms. The van der Waals surface area contributed by atoms with Gasteiger partial charge >= 0.3 is 0 Å². The van der Waals surface area contributed by atoms with E-state index in [0.29, 0.717) is 11.1 Å². The highest BCUT2D eigenvalue weighted by atomic mass is 32.2. The van der Waals surface area contributed by atoms with Gasteiger partial charge in [-0.3, -0.25) is 13.9 Å². The standard InChI is InChI=1S/C16H17N3O4S/c1-18(2)15(21)9-17-14(20)10-19-12-7-3-5-11-6-4-8-13(16(11)12)24(19,22)23/h3-8H,9-10H2,1-2H3,(H,17,20). The molecule has 0 aromatic heterocycles. The number of anilines is 1. The monoisotopic (exact) mass is 347 g/mol. The summed E-state index contributed by atoms with van der Waals surface area (Å²) in [5, 5.41) is 3.88. The molecule has 24 heavy (non-hydrogen) atoms. The molecule has 1 heterocycles. The fraction of sp³-hybridized carbons (Fsp3) is 0.250. The normalized spacial score (nSPS) is 14.7. The van der Waals surface area contributed by atoms with Crippen molar-refractivity contribution in [2.45, 2.75) is 4.90 Å². The van der Waals surface area contributed by atoms with Gasteiger partial charge in [0.25, 0.3) is 10.0 Å². The number of hydrogen-bond donors (Lipinski definition) is 1. The Hall–Kier alpha value is -2.61. The summed E-state index contributed by atoms with van der Waals surface area (Å²) in [6.07, 6.45) is 0. The van der Waals surface area contributed by atoms with E-state index < -0.39 is 15.9 Å². The van der Waals surface area contributed by atoms with Crippen molar-refractivity contribution in [3.05, 3.63) is 36.4 Å². The van der Waals surface area contributed by atoms with Gasteiger partial charge in [0.05, 0.1) is 17.1 Å². The minimum Gasteiger partial charge on any atom is -0.347 e. The Morgan fingerprint density at radius 2 is 1.79 bits per heavy atom. The quantitative estimate of drug-likeness (QED) is 0.875. The molecule has 0 unspecified atom stereocenters. The summed E-state index contributed by atoms with van der Waals surface area (Å²) in [6.45, 7) is -0.534. The number of nitrogens with one attached hydrogen (secondary N) is 1. The largest absolute Gasteiger partial charge is 0.347 e. The van der Waals surface area contributed by atoms with Gasteiger partial charge in [0.2, 0.25) is 11.8 Å².